The van der Waals surface area contributed by atoms with Gasteiger partial charge in [0.1, 0.15) is 23.7 Å². The van der Waals surface area contributed by atoms with Crippen LogP contribution in [0.15, 0.2) is 75.2 Å². The number of carbonyl (C=O) groups is 3. The maximum atomic E-state index is 13.3. The van der Waals surface area contributed by atoms with Gasteiger partial charge in [-0.3, -0.25) is 14.9 Å². The van der Waals surface area contributed by atoms with E-state index in [1.807, 2.05) is 44.2 Å². The van der Waals surface area contributed by atoms with E-state index in [1.165, 1.54) is 6.08 Å². The molecule has 0 unspecified atom stereocenters. The SMILES string of the molecule is CCOc1ccc(N2C(=O)NC(=O)/C(=C\c3cc(Br)cc(Br)c3OCc3ccc(C)cc3)C2=O)cc1. The first kappa shape index (κ1) is 25.7. The number of aryl methyl sites for hydroxylation is 1. The molecule has 0 atom stereocenters. The highest BCUT2D eigenvalue weighted by Gasteiger charge is 2.37. The molecule has 1 aliphatic heterocycles. The zero-order chi connectivity index (χ0) is 25.8. The van der Waals surface area contributed by atoms with Crippen LogP contribution in [0, 0.1) is 6.92 Å². The quantitative estimate of drug-likeness (QED) is 0.255. The number of rotatable bonds is 7. The van der Waals surface area contributed by atoms with Gasteiger partial charge in [0.2, 0.25) is 0 Å². The van der Waals surface area contributed by atoms with E-state index in [1.54, 1.807) is 30.3 Å². The molecule has 3 aromatic carbocycles. The molecule has 0 aromatic heterocycles. The molecule has 36 heavy (non-hydrogen) atoms. The fourth-order valence-electron chi connectivity index (χ4n) is 3.59. The van der Waals surface area contributed by atoms with Gasteiger partial charge in [0, 0.05) is 10.0 Å². The Kier molecular flexibility index (Phi) is 7.91. The van der Waals surface area contributed by atoms with Crippen molar-refractivity contribution >= 4 is 61.5 Å². The minimum Gasteiger partial charge on any atom is -0.494 e. The zero-order valence-electron chi connectivity index (χ0n) is 19.5. The number of barbiturate groups is 1. The van der Waals surface area contributed by atoms with Gasteiger partial charge in [-0.05, 0) is 77.8 Å². The molecule has 4 rings (SSSR count). The van der Waals surface area contributed by atoms with Crippen molar-refractivity contribution in [3.8, 4) is 11.5 Å². The summed E-state index contributed by atoms with van der Waals surface area (Å²) in [7, 11) is 0. The van der Waals surface area contributed by atoms with Crippen molar-refractivity contribution < 1.29 is 23.9 Å². The normalized spacial score (nSPS) is 14.7. The van der Waals surface area contributed by atoms with Crippen molar-refractivity contribution in [2.24, 2.45) is 0 Å². The second kappa shape index (κ2) is 11.1. The number of imide groups is 2. The van der Waals surface area contributed by atoms with Crippen LogP contribution in [0.4, 0.5) is 10.5 Å². The number of halogens is 2. The molecule has 1 saturated heterocycles. The van der Waals surface area contributed by atoms with E-state index in [4.69, 9.17) is 9.47 Å². The minimum atomic E-state index is -0.822. The molecule has 7 nitrogen and oxygen atoms in total. The third-order valence-electron chi connectivity index (χ3n) is 5.35. The molecule has 9 heteroatoms. The van der Waals surface area contributed by atoms with Crippen LogP contribution in [0.5, 0.6) is 11.5 Å². The van der Waals surface area contributed by atoms with Crippen molar-refractivity contribution in [3.05, 3.63) is 91.9 Å². The largest absolute Gasteiger partial charge is 0.494 e. The zero-order valence-corrected chi connectivity index (χ0v) is 22.7. The average Bonchev–Trinajstić information content (AvgIpc) is 2.83. The summed E-state index contributed by atoms with van der Waals surface area (Å²) in [4.78, 5) is 39.5. The van der Waals surface area contributed by atoms with E-state index < -0.39 is 17.8 Å². The van der Waals surface area contributed by atoms with Crippen LogP contribution in [-0.4, -0.2) is 24.5 Å². The van der Waals surface area contributed by atoms with E-state index in [0.29, 0.717) is 38.3 Å². The van der Waals surface area contributed by atoms with Gasteiger partial charge >= 0.3 is 6.03 Å². The highest BCUT2D eigenvalue weighted by Crippen LogP contribution is 2.36. The monoisotopic (exact) mass is 612 g/mol. The maximum absolute atomic E-state index is 13.3. The van der Waals surface area contributed by atoms with Gasteiger partial charge in [-0.2, -0.15) is 0 Å². The summed E-state index contributed by atoms with van der Waals surface area (Å²) < 4.78 is 12.9. The molecular weight excluding hydrogens is 592 g/mol. The third kappa shape index (κ3) is 5.68. The van der Waals surface area contributed by atoms with Crippen molar-refractivity contribution in [1.29, 1.82) is 0 Å². The number of urea groups is 1. The highest BCUT2D eigenvalue weighted by atomic mass is 79.9. The number of hydrogen-bond donors (Lipinski definition) is 1. The Bertz CT molecular complexity index is 1350. The van der Waals surface area contributed by atoms with Crippen LogP contribution in [0.3, 0.4) is 0 Å². The molecule has 3 aromatic rings. The summed E-state index contributed by atoms with van der Waals surface area (Å²) in [5.74, 6) is -0.468. The molecule has 0 spiro atoms. The standard InChI is InChI=1S/C27H22Br2N2O5/c1-3-35-21-10-8-20(9-11-21)31-26(33)22(25(32)30-27(31)34)13-18-12-19(28)14-23(29)24(18)36-15-17-6-4-16(2)5-7-17/h4-14H,3,15H2,1-2H3,(H,30,32,34)/b22-13+. The molecule has 4 amide bonds. The van der Waals surface area contributed by atoms with E-state index in [0.717, 1.165) is 16.0 Å². The Morgan fingerprint density at radius 1 is 0.944 bits per heavy atom. The van der Waals surface area contributed by atoms with Gasteiger partial charge in [-0.15, -0.1) is 0 Å². The summed E-state index contributed by atoms with van der Waals surface area (Å²) in [6.45, 7) is 4.64. The number of carbonyl (C=O) groups excluding carboxylic acids is 3. The first-order valence-electron chi connectivity index (χ1n) is 11.1. The lowest BCUT2D eigenvalue weighted by molar-refractivity contribution is -0.122. The summed E-state index contributed by atoms with van der Waals surface area (Å²) in [6.07, 6.45) is 1.42. The Hall–Kier alpha value is -3.43. The van der Waals surface area contributed by atoms with Gasteiger partial charge in [0.25, 0.3) is 11.8 Å². The third-order valence-corrected chi connectivity index (χ3v) is 6.40. The van der Waals surface area contributed by atoms with E-state index >= 15 is 0 Å². The van der Waals surface area contributed by atoms with Crippen LogP contribution in [0.1, 0.15) is 23.6 Å². The van der Waals surface area contributed by atoms with Gasteiger partial charge in [0.05, 0.1) is 16.8 Å². The van der Waals surface area contributed by atoms with Crippen molar-refractivity contribution in [3.63, 3.8) is 0 Å². The van der Waals surface area contributed by atoms with Gasteiger partial charge in [-0.25, -0.2) is 9.69 Å². The molecule has 1 aliphatic rings. The molecule has 0 radical (unpaired) electrons. The summed E-state index contributed by atoms with van der Waals surface area (Å²) >= 11 is 6.96. The molecule has 0 saturated carbocycles. The second-order valence-electron chi connectivity index (χ2n) is 7.97. The number of hydrogen-bond acceptors (Lipinski definition) is 5. The predicted molar refractivity (Wildman–Crippen MR) is 144 cm³/mol. The first-order chi connectivity index (χ1) is 17.3. The maximum Gasteiger partial charge on any atom is 0.335 e. The second-order valence-corrected chi connectivity index (χ2v) is 9.74. The average molecular weight is 614 g/mol. The molecule has 1 heterocycles. The fraction of sp³-hybridized carbons (Fsp3) is 0.148. The number of nitrogens with zero attached hydrogens (tertiary/aromatic N) is 1. The number of benzene rings is 3. The van der Waals surface area contributed by atoms with Gasteiger partial charge in [0.15, 0.2) is 0 Å². The van der Waals surface area contributed by atoms with Crippen molar-refractivity contribution in [2.45, 2.75) is 20.5 Å². The van der Waals surface area contributed by atoms with Crippen LogP contribution in [-0.2, 0) is 16.2 Å². The Balaban J connectivity index is 1.67. The Morgan fingerprint density at radius 2 is 1.64 bits per heavy atom. The van der Waals surface area contributed by atoms with E-state index in [9.17, 15) is 14.4 Å². The number of nitrogens with one attached hydrogen (secondary N) is 1. The molecule has 0 bridgehead atoms. The number of anilines is 1. The first-order valence-corrected chi connectivity index (χ1v) is 12.7. The highest BCUT2D eigenvalue weighted by molar-refractivity contribution is 9.11. The lowest BCUT2D eigenvalue weighted by Gasteiger charge is -2.26. The van der Waals surface area contributed by atoms with Gasteiger partial charge in [-0.1, -0.05) is 45.8 Å². The molecule has 184 valence electrons. The van der Waals surface area contributed by atoms with Crippen LogP contribution >= 0.6 is 31.9 Å². The van der Waals surface area contributed by atoms with Gasteiger partial charge < -0.3 is 9.47 Å². The molecule has 0 aliphatic carbocycles. The Labute approximate surface area is 225 Å². The molecule has 1 N–H and O–H groups in total. The minimum absolute atomic E-state index is 0.200. The van der Waals surface area contributed by atoms with E-state index in [2.05, 4.69) is 37.2 Å². The summed E-state index contributed by atoms with van der Waals surface area (Å²) in [6, 6.07) is 17.1. The summed E-state index contributed by atoms with van der Waals surface area (Å²) in [5, 5.41) is 2.24. The van der Waals surface area contributed by atoms with Crippen molar-refractivity contribution in [2.75, 3.05) is 11.5 Å². The topological polar surface area (TPSA) is 84.9 Å². The predicted octanol–water partition coefficient (Wildman–Crippen LogP) is 6.16. The van der Waals surface area contributed by atoms with Crippen LogP contribution < -0.4 is 19.7 Å². The fourth-order valence-corrected chi connectivity index (χ4v) is 4.96. The van der Waals surface area contributed by atoms with E-state index in [-0.39, 0.29) is 12.2 Å². The Morgan fingerprint density at radius 3 is 2.31 bits per heavy atom. The smallest absolute Gasteiger partial charge is 0.335 e. The van der Waals surface area contributed by atoms with Crippen molar-refractivity contribution in [1.82, 2.24) is 5.32 Å². The molecule has 1 fully saturated rings. The lowest BCUT2D eigenvalue weighted by atomic mass is 10.1. The number of amides is 4. The molecular formula is C27H22Br2N2O5. The number of ether oxygens (including phenoxy) is 2. The van der Waals surface area contributed by atoms with Crippen LogP contribution in [0.25, 0.3) is 6.08 Å². The van der Waals surface area contributed by atoms with Crippen LogP contribution in [0.2, 0.25) is 0 Å². The lowest BCUT2D eigenvalue weighted by Crippen LogP contribution is -2.54. The summed E-state index contributed by atoms with van der Waals surface area (Å²) in [5.41, 5.74) is 2.71.